The quantitative estimate of drug-likeness (QED) is 0.865. The summed E-state index contributed by atoms with van der Waals surface area (Å²) in [6, 6.07) is 15.9. The number of halogens is 1. The van der Waals surface area contributed by atoms with Crippen LogP contribution < -0.4 is 5.32 Å². The third-order valence-corrected chi connectivity index (χ3v) is 4.92. The summed E-state index contributed by atoms with van der Waals surface area (Å²) in [6.07, 6.45) is 1.66. The summed E-state index contributed by atoms with van der Waals surface area (Å²) in [5.41, 5.74) is 2.27. The van der Waals surface area contributed by atoms with Gasteiger partial charge in [0, 0.05) is 18.1 Å². The van der Waals surface area contributed by atoms with E-state index in [-0.39, 0.29) is 18.2 Å². The molecule has 5 nitrogen and oxygen atoms in total. The molecule has 3 rings (SSSR count). The van der Waals surface area contributed by atoms with Crippen molar-refractivity contribution in [3.05, 3.63) is 70.2 Å². The second kappa shape index (κ2) is 8.70. The van der Waals surface area contributed by atoms with E-state index in [0.29, 0.717) is 30.1 Å². The molecule has 2 aromatic carbocycles. The number of nitrogens with zero attached hydrogens (tertiary/aromatic N) is 2. The molecular formula is C21H20ClN3O2. The minimum Gasteiger partial charge on any atom is -0.350 e. The molecule has 1 aliphatic rings. The van der Waals surface area contributed by atoms with Gasteiger partial charge in [0.25, 0.3) is 0 Å². The van der Waals surface area contributed by atoms with Crippen molar-refractivity contribution in [3.8, 4) is 6.07 Å². The molecule has 0 bridgehead atoms. The van der Waals surface area contributed by atoms with Gasteiger partial charge in [0.2, 0.25) is 11.8 Å². The van der Waals surface area contributed by atoms with Crippen LogP contribution >= 0.6 is 11.6 Å². The topological polar surface area (TPSA) is 73.2 Å². The second-order valence-electron chi connectivity index (χ2n) is 6.58. The highest BCUT2D eigenvalue weighted by atomic mass is 35.5. The minimum absolute atomic E-state index is 0.0887. The van der Waals surface area contributed by atoms with E-state index in [1.54, 1.807) is 35.2 Å². The first kappa shape index (κ1) is 18.9. The Morgan fingerprint density at radius 1 is 1.19 bits per heavy atom. The van der Waals surface area contributed by atoms with Gasteiger partial charge < -0.3 is 10.2 Å². The number of hydrogen-bond donors (Lipinski definition) is 1. The van der Waals surface area contributed by atoms with Crippen LogP contribution in [0.4, 0.5) is 0 Å². The maximum absolute atomic E-state index is 12.7. The summed E-state index contributed by atoms with van der Waals surface area (Å²) >= 11 is 5.87. The standard InChI is InChI=1S/C21H20ClN3O2/c22-18-8-6-15(7-9-18)14-24-21(27)19-5-2-10-25(19)20(26)12-16-3-1-4-17(11-16)13-23/h1,3-4,6-9,11,19H,2,5,10,12,14H2,(H,24,27). The Morgan fingerprint density at radius 2 is 1.96 bits per heavy atom. The molecule has 0 aromatic heterocycles. The molecule has 6 heteroatoms. The lowest BCUT2D eigenvalue weighted by molar-refractivity contribution is -0.138. The highest BCUT2D eigenvalue weighted by Gasteiger charge is 2.33. The van der Waals surface area contributed by atoms with Crippen molar-refractivity contribution in [2.75, 3.05) is 6.54 Å². The van der Waals surface area contributed by atoms with Crippen molar-refractivity contribution in [3.63, 3.8) is 0 Å². The molecule has 1 N–H and O–H groups in total. The van der Waals surface area contributed by atoms with Gasteiger partial charge in [-0.3, -0.25) is 9.59 Å². The van der Waals surface area contributed by atoms with Crippen molar-refractivity contribution >= 4 is 23.4 Å². The number of hydrogen-bond acceptors (Lipinski definition) is 3. The Labute approximate surface area is 163 Å². The van der Waals surface area contributed by atoms with Gasteiger partial charge in [0.05, 0.1) is 18.1 Å². The van der Waals surface area contributed by atoms with E-state index in [1.165, 1.54) is 0 Å². The first-order chi connectivity index (χ1) is 13.1. The summed E-state index contributed by atoms with van der Waals surface area (Å²) in [5.74, 6) is -0.226. The number of benzene rings is 2. The van der Waals surface area contributed by atoms with Crippen molar-refractivity contribution in [1.82, 2.24) is 10.2 Å². The number of rotatable bonds is 5. The van der Waals surface area contributed by atoms with Gasteiger partial charge in [-0.25, -0.2) is 0 Å². The molecule has 1 aliphatic heterocycles. The van der Waals surface area contributed by atoms with Gasteiger partial charge in [0.15, 0.2) is 0 Å². The van der Waals surface area contributed by atoms with Crippen LogP contribution in [0.5, 0.6) is 0 Å². The largest absolute Gasteiger partial charge is 0.350 e. The highest BCUT2D eigenvalue weighted by Crippen LogP contribution is 2.19. The number of carbonyl (C=O) groups excluding carboxylic acids is 2. The lowest BCUT2D eigenvalue weighted by Gasteiger charge is -2.24. The smallest absolute Gasteiger partial charge is 0.243 e. The molecule has 2 aromatic rings. The van der Waals surface area contributed by atoms with Gasteiger partial charge in [-0.2, -0.15) is 5.26 Å². The second-order valence-corrected chi connectivity index (χ2v) is 7.01. The summed E-state index contributed by atoms with van der Waals surface area (Å²) in [7, 11) is 0. The molecule has 138 valence electrons. The maximum Gasteiger partial charge on any atom is 0.243 e. The predicted molar refractivity (Wildman–Crippen MR) is 103 cm³/mol. The number of likely N-dealkylation sites (tertiary alicyclic amines) is 1. The molecule has 0 aliphatic carbocycles. The van der Waals surface area contributed by atoms with E-state index in [2.05, 4.69) is 11.4 Å². The maximum atomic E-state index is 12.7. The Hall–Kier alpha value is -2.84. The zero-order valence-electron chi connectivity index (χ0n) is 14.8. The molecule has 1 atom stereocenters. The molecular weight excluding hydrogens is 362 g/mol. The van der Waals surface area contributed by atoms with Gasteiger partial charge in [-0.05, 0) is 48.2 Å². The molecule has 27 heavy (non-hydrogen) atoms. The van der Waals surface area contributed by atoms with Crippen LogP contribution in [0.2, 0.25) is 5.02 Å². The Bertz CT molecular complexity index is 874. The van der Waals surface area contributed by atoms with Crippen LogP contribution in [0.15, 0.2) is 48.5 Å². The average Bonchev–Trinajstić information content (AvgIpc) is 3.17. The Balaban J connectivity index is 1.60. The van der Waals surface area contributed by atoms with Crippen LogP contribution in [0.3, 0.4) is 0 Å². The Morgan fingerprint density at radius 3 is 2.70 bits per heavy atom. The van der Waals surface area contributed by atoms with E-state index in [1.807, 2.05) is 18.2 Å². The monoisotopic (exact) mass is 381 g/mol. The van der Waals surface area contributed by atoms with Crippen molar-refractivity contribution in [2.45, 2.75) is 31.8 Å². The highest BCUT2D eigenvalue weighted by molar-refractivity contribution is 6.30. The van der Waals surface area contributed by atoms with Gasteiger partial charge in [0.1, 0.15) is 6.04 Å². The molecule has 1 unspecified atom stereocenters. The molecule has 2 amide bonds. The zero-order valence-corrected chi connectivity index (χ0v) is 15.6. The SMILES string of the molecule is N#Cc1cccc(CC(=O)N2CCCC2C(=O)NCc2ccc(Cl)cc2)c1. The average molecular weight is 382 g/mol. The van der Waals surface area contributed by atoms with Crippen molar-refractivity contribution < 1.29 is 9.59 Å². The van der Waals surface area contributed by atoms with Gasteiger partial charge in [-0.1, -0.05) is 35.9 Å². The predicted octanol–water partition coefficient (Wildman–Crippen LogP) is 3.06. The summed E-state index contributed by atoms with van der Waals surface area (Å²) < 4.78 is 0. The Kier molecular flexibility index (Phi) is 6.10. The first-order valence-electron chi connectivity index (χ1n) is 8.87. The first-order valence-corrected chi connectivity index (χ1v) is 9.25. The van der Waals surface area contributed by atoms with Crippen molar-refractivity contribution in [1.29, 1.82) is 5.26 Å². The normalized spacial score (nSPS) is 16.0. The van der Waals surface area contributed by atoms with Crippen LogP contribution in [0.1, 0.15) is 29.5 Å². The molecule has 1 fully saturated rings. The number of nitriles is 1. The number of carbonyl (C=O) groups is 2. The summed E-state index contributed by atoms with van der Waals surface area (Å²) in [6.45, 7) is 0.981. The van der Waals surface area contributed by atoms with E-state index in [9.17, 15) is 9.59 Å². The fraction of sp³-hybridized carbons (Fsp3) is 0.286. The van der Waals surface area contributed by atoms with Crippen LogP contribution in [0.25, 0.3) is 0 Å². The number of nitrogens with one attached hydrogen (secondary N) is 1. The molecule has 0 radical (unpaired) electrons. The molecule has 1 saturated heterocycles. The zero-order chi connectivity index (χ0) is 19.2. The molecule has 1 heterocycles. The van der Waals surface area contributed by atoms with E-state index in [0.717, 1.165) is 17.5 Å². The summed E-state index contributed by atoms with van der Waals surface area (Å²) in [5, 5.41) is 12.5. The lowest BCUT2D eigenvalue weighted by atomic mass is 10.1. The van der Waals surface area contributed by atoms with E-state index < -0.39 is 6.04 Å². The van der Waals surface area contributed by atoms with Crippen LogP contribution in [-0.4, -0.2) is 29.3 Å². The number of amides is 2. The van der Waals surface area contributed by atoms with Crippen molar-refractivity contribution in [2.24, 2.45) is 0 Å². The van der Waals surface area contributed by atoms with E-state index in [4.69, 9.17) is 16.9 Å². The third-order valence-electron chi connectivity index (χ3n) is 4.67. The third kappa shape index (κ3) is 4.87. The minimum atomic E-state index is -0.441. The molecule has 0 spiro atoms. The fourth-order valence-corrected chi connectivity index (χ4v) is 3.40. The molecule has 0 saturated carbocycles. The van der Waals surface area contributed by atoms with Crippen LogP contribution in [0, 0.1) is 11.3 Å². The van der Waals surface area contributed by atoms with Crippen LogP contribution in [-0.2, 0) is 22.6 Å². The fourth-order valence-electron chi connectivity index (χ4n) is 3.27. The van der Waals surface area contributed by atoms with Gasteiger partial charge >= 0.3 is 0 Å². The van der Waals surface area contributed by atoms with E-state index >= 15 is 0 Å². The lowest BCUT2D eigenvalue weighted by Crippen LogP contribution is -2.46. The summed E-state index contributed by atoms with van der Waals surface area (Å²) in [4.78, 5) is 26.9. The van der Waals surface area contributed by atoms with Gasteiger partial charge in [-0.15, -0.1) is 0 Å².